The Morgan fingerprint density at radius 3 is 2.59 bits per heavy atom. The van der Waals surface area contributed by atoms with Crippen LogP contribution >= 0.6 is 0 Å². The van der Waals surface area contributed by atoms with E-state index in [2.05, 4.69) is 5.32 Å². The summed E-state index contributed by atoms with van der Waals surface area (Å²) in [4.78, 5) is 12.5. The van der Waals surface area contributed by atoms with E-state index in [0.717, 1.165) is 45.1 Å². The number of ether oxygens (including phenoxy) is 2. The predicted molar refractivity (Wildman–Crippen MR) is 102 cm³/mol. The van der Waals surface area contributed by atoms with Crippen LogP contribution in [0, 0.1) is 0 Å². The first-order valence-electron chi connectivity index (χ1n) is 9.60. The summed E-state index contributed by atoms with van der Waals surface area (Å²) in [6, 6.07) is 4.56. The lowest BCUT2D eigenvalue weighted by molar-refractivity contribution is 0.0857. The molecule has 2 aliphatic rings. The van der Waals surface area contributed by atoms with Gasteiger partial charge in [-0.05, 0) is 43.9 Å². The van der Waals surface area contributed by atoms with Crippen LogP contribution in [0.4, 0.5) is 0 Å². The van der Waals surface area contributed by atoms with Crippen LogP contribution in [0.3, 0.4) is 0 Å². The molecule has 1 aromatic rings. The number of carbonyl (C=O) groups is 1. The summed E-state index contributed by atoms with van der Waals surface area (Å²) in [5, 5.41) is 2.83. The van der Waals surface area contributed by atoms with Gasteiger partial charge in [-0.15, -0.1) is 0 Å². The molecule has 2 fully saturated rings. The second kappa shape index (κ2) is 9.03. The number of methoxy groups -OCH3 is 1. The second-order valence-corrected chi connectivity index (χ2v) is 8.94. The number of benzene rings is 1. The molecule has 27 heavy (non-hydrogen) atoms. The SMILES string of the molecule is COc1ccc(C(=O)NC[C@@H]2CCCO2)cc1S(=O)(=O)N1CCCCCC1. The number of rotatable bonds is 6. The van der Waals surface area contributed by atoms with Gasteiger partial charge in [-0.1, -0.05) is 12.8 Å². The molecule has 1 amide bonds. The molecule has 1 aromatic carbocycles. The molecule has 2 aliphatic heterocycles. The van der Waals surface area contributed by atoms with Crippen molar-refractivity contribution < 1.29 is 22.7 Å². The molecule has 150 valence electrons. The first kappa shape index (κ1) is 20.1. The largest absolute Gasteiger partial charge is 0.495 e. The van der Waals surface area contributed by atoms with Gasteiger partial charge >= 0.3 is 0 Å². The minimum atomic E-state index is -3.71. The van der Waals surface area contributed by atoms with Crippen LogP contribution in [0.15, 0.2) is 23.1 Å². The molecule has 0 spiro atoms. The summed E-state index contributed by atoms with van der Waals surface area (Å²) in [7, 11) is -2.27. The fourth-order valence-corrected chi connectivity index (χ4v) is 5.25. The Bertz CT molecular complexity index is 751. The van der Waals surface area contributed by atoms with Crippen molar-refractivity contribution >= 4 is 15.9 Å². The molecule has 0 saturated carbocycles. The maximum Gasteiger partial charge on any atom is 0.251 e. The molecular formula is C19H28N2O5S. The van der Waals surface area contributed by atoms with Crippen LogP contribution in [-0.2, 0) is 14.8 Å². The van der Waals surface area contributed by atoms with E-state index in [9.17, 15) is 13.2 Å². The number of sulfonamides is 1. The molecule has 0 aromatic heterocycles. The van der Waals surface area contributed by atoms with Crippen molar-refractivity contribution in [2.75, 3.05) is 33.4 Å². The van der Waals surface area contributed by atoms with Crippen LogP contribution in [0.2, 0.25) is 0 Å². The van der Waals surface area contributed by atoms with Gasteiger partial charge in [-0.2, -0.15) is 4.31 Å². The number of hydrogen-bond donors (Lipinski definition) is 1. The van der Waals surface area contributed by atoms with Crippen molar-refractivity contribution in [2.45, 2.75) is 49.5 Å². The Labute approximate surface area is 161 Å². The lowest BCUT2D eigenvalue weighted by Crippen LogP contribution is -2.33. The summed E-state index contributed by atoms with van der Waals surface area (Å²) in [6.45, 7) is 2.15. The lowest BCUT2D eigenvalue weighted by atomic mass is 10.2. The van der Waals surface area contributed by atoms with Crippen molar-refractivity contribution in [1.29, 1.82) is 0 Å². The molecule has 1 N–H and O–H groups in total. The van der Waals surface area contributed by atoms with E-state index in [4.69, 9.17) is 9.47 Å². The third-order valence-electron chi connectivity index (χ3n) is 5.12. The third-order valence-corrected chi connectivity index (χ3v) is 7.04. The number of nitrogens with zero attached hydrogens (tertiary/aromatic N) is 1. The van der Waals surface area contributed by atoms with Crippen LogP contribution < -0.4 is 10.1 Å². The second-order valence-electron chi connectivity index (χ2n) is 7.03. The van der Waals surface area contributed by atoms with Gasteiger partial charge in [0, 0.05) is 31.8 Å². The highest BCUT2D eigenvalue weighted by Crippen LogP contribution is 2.29. The predicted octanol–water partition coefficient (Wildman–Crippen LogP) is 2.17. The van der Waals surface area contributed by atoms with Gasteiger partial charge in [0.15, 0.2) is 0 Å². The van der Waals surface area contributed by atoms with Crippen molar-refractivity contribution in [3.05, 3.63) is 23.8 Å². The van der Waals surface area contributed by atoms with Gasteiger partial charge in [-0.25, -0.2) is 8.42 Å². The topological polar surface area (TPSA) is 84.9 Å². The monoisotopic (exact) mass is 396 g/mol. The van der Waals surface area contributed by atoms with Crippen LogP contribution in [0.1, 0.15) is 48.9 Å². The highest BCUT2D eigenvalue weighted by atomic mass is 32.2. The van der Waals surface area contributed by atoms with Crippen molar-refractivity contribution in [1.82, 2.24) is 9.62 Å². The van der Waals surface area contributed by atoms with Gasteiger partial charge < -0.3 is 14.8 Å². The highest BCUT2D eigenvalue weighted by molar-refractivity contribution is 7.89. The molecule has 3 rings (SSSR count). The third kappa shape index (κ3) is 4.80. The summed E-state index contributed by atoms with van der Waals surface area (Å²) in [5.41, 5.74) is 0.308. The molecule has 1 atom stereocenters. The van der Waals surface area contributed by atoms with Crippen molar-refractivity contribution in [3.8, 4) is 5.75 Å². The molecule has 0 aliphatic carbocycles. The van der Waals surface area contributed by atoms with Gasteiger partial charge in [0.05, 0.1) is 13.2 Å². The van der Waals surface area contributed by atoms with E-state index in [-0.39, 0.29) is 22.7 Å². The van der Waals surface area contributed by atoms with Gasteiger partial charge in [0.2, 0.25) is 10.0 Å². The number of hydrogen-bond acceptors (Lipinski definition) is 5. The molecule has 0 unspecified atom stereocenters. The summed E-state index contributed by atoms with van der Waals surface area (Å²) < 4.78 is 38.6. The normalized spacial score (nSPS) is 21.6. The Kier molecular flexibility index (Phi) is 6.73. The summed E-state index contributed by atoms with van der Waals surface area (Å²) >= 11 is 0. The first-order valence-corrected chi connectivity index (χ1v) is 11.0. The Morgan fingerprint density at radius 2 is 1.96 bits per heavy atom. The molecule has 8 heteroatoms. The first-order chi connectivity index (χ1) is 13.0. The highest BCUT2D eigenvalue weighted by Gasteiger charge is 2.29. The average Bonchev–Trinajstić information content (AvgIpc) is 3.04. The summed E-state index contributed by atoms with van der Waals surface area (Å²) in [5.74, 6) is -0.0459. The van der Waals surface area contributed by atoms with Gasteiger partial charge in [0.1, 0.15) is 10.6 Å². The van der Waals surface area contributed by atoms with Crippen LogP contribution in [0.5, 0.6) is 5.75 Å². The maximum atomic E-state index is 13.2. The molecule has 2 heterocycles. The molecule has 7 nitrogen and oxygen atoms in total. The quantitative estimate of drug-likeness (QED) is 0.797. The maximum absolute atomic E-state index is 13.2. The van der Waals surface area contributed by atoms with E-state index in [1.807, 2.05) is 0 Å². The number of amides is 1. The van der Waals surface area contributed by atoms with E-state index in [1.165, 1.54) is 17.5 Å². The van der Waals surface area contributed by atoms with E-state index >= 15 is 0 Å². The van der Waals surface area contributed by atoms with Crippen molar-refractivity contribution in [3.63, 3.8) is 0 Å². The minimum absolute atomic E-state index is 0.0347. The zero-order valence-electron chi connectivity index (χ0n) is 15.8. The standard InChI is InChI=1S/C19H28N2O5S/c1-25-17-9-8-15(19(22)20-14-16-7-6-12-26-16)13-18(17)27(23,24)21-10-4-2-3-5-11-21/h8-9,13,16H,2-7,10-12,14H2,1H3,(H,20,22)/t16-/m0/s1. The molecule has 0 radical (unpaired) electrons. The average molecular weight is 397 g/mol. The number of nitrogens with one attached hydrogen (secondary N) is 1. The molecule has 2 saturated heterocycles. The van der Waals surface area contributed by atoms with E-state index in [0.29, 0.717) is 25.2 Å². The van der Waals surface area contributed by atoms with Crippen LogP contribution in [0.25, 0.3) is 0 Å². The Balaban J connectivity index is 1.80. The fraction of sp³-hybridized carbons (Fsp3) is 0.632. The van der Waals surface area contributed by atoms with Gasteiger partial charge in [0.25, 0.3) is 5.91 Å². The van der Waals surface area contributed by atoms with Gasteiger partial charge in [-0.3, -0.25) is 4.79 Å². The van der Waals surface area contributed by atoms with E-state index < -0.39 is 10.0 Å². The molecular weight excluding hydrogens is 368 g/mol. The van der Waals surface area contributed by atoms with Crippen LogP contribution in [-0.4, -0.2) is 58.1 Å². The molecule has 0 bridgehead atoms. The lowest BCUT2D eigenvalue weighted by Gasteiger charge is -2.21. The zero-order chi connectivity index (χ0) is 19.3. The zero-order valence-corrected chi connectivity index (χ0v) is 16.6. The smallest absolute Gasteiger partial charge is 0.251 e. The van der Waals surface area contributed by atoms with Crippen molar-refractivity contribution in [2.24, 2.45) is 0 Å². The number of carbonyl (C=O) groups excluding carboxylic acids is 1. The van der Waals surface area contributed by atoms with E-state index in [1.54, 1.807) is 12.1 Å². The Hall–Kier alpha value is -1.64. The fourth-order valence-electron chi connectivity index (χ4n) is 3.55. The summed E-state index contributed by atoms with van der Waals surface area (Å²) in [6.07, 6.45) is 5.74. The Morgan fingerprint density at radius 1 is 1.22 bits per heavy atom. The minimum Gasteiger partial charge on any atom is -0.495 e.